The molecule has 10 heteroatoms. The van der Waals surface area contributed by atoms with E-state index in [1.165, 1.54) is 23.7 Å². The van der Waals surface area contributed by atoms with Crippen molar-refractivity contribution in [3.05, 3.63) is 80.2 Å². The Morgan fingerprint density at radius 2 is 1.68 bits per heavy atom. The molecule has 0 aliphatic rings. The van der Waals surface area contributed by atoms with E-state index in [0.29, 0.717) is 36.0 Å². The van der Waals surface area contributed by atoms with E-state index in [1.807, 2.05) is 12.1 Å². The molecule has 2 aromatic carbocycles. The molecule has 4 aromatic rings. The van der Waals surface area contributed by atoms with E-state index >= 15 is 0 Å². The van der Waals surface area contributed by atoms with Crippen molar-refractivity contribution in [1.29, 1.82) is 0 Å². The number of rotatable bonds is 8. The van der Waals surface area contributed by atoms with Gasteiger partial charge in [-0.25, -0.2) is 9.18 Å². The second kappa shape index (κ2) is 9.42. The molecule has 4 rings (SSSR count). The first-order valence-electron chi connectivity index (χ1n) is 10.7. The number of methoxy groups -OCH3 is 2. The van der Waals surface area contributed by atoms with Crippen LogP contribution in [-0.4, -0.2) is 39.4 Å². The second-order valence-electron chi connectivity index (χ2n) is 7.93. The predicted octanol–water partition coefficient (Wildman–Crippen LogP) is 2.29. The molecule has 2 heterocycles. The van der Waals surface area contributed by atoms with E-state index in [0.717, 1.165) is 10.1 Å². The number of aromatic nitrogens is 4. The summed E-state index contributed by atoms with van der Waals surface area (Å²) in [5.41, 5.74) is 1.24. The molecule has 0 spiro atoms. The van der Waals surface area contributed by atoms with Gasteiger partial charge in [-0.2, -0.15) is 4.98 Å². The molecule has 0 aliphatic carbocycles. The van der Waals surface area contributed by atoms with E-state index in [2.05, 4.69) is 10.3 Å². The number of nitrogens with one attached hydrogen (secondary N) is 1. The molecular formula is C24H26FN5O4. The Kier molecular flexibility index (Phi) is 6.40. The van der Waals surface area contributed by atoms with Gasteiger partial charge in [0.15, 0.2) is 11.2 Å². The molecule has 34 heavy (non-hydrogen) atoms. The van der Waals surface area contributed by atoms with Gasteiger partial charge < -0.3 is 14.8 Å². The summed E-state index contributed by atoms with van der Waals surface area (Å²) in [4.78, 5) is 30.0. The molecule has 0 saturated heterocycles. The number of aryl methyl sites for hydroxylation is 1. The second-order valence-corrected chi connectivity index (χ2v) is 7.93. The first-order chi connectivity index (χ1) is 16.3. The van der Waals surface area contributed by atoms with Crippen LogP contribution >= 0.6 is 0 Å². The summed E-state index contributed by atoms with van der Waals surface area (Å²) >= 11 is 0. The normalized spacial score (nSPS) is 11.1. The summed E-state index contributed by atoms with van der Waals surface area (Å²) in [5.74, 6) is 1.41. The third-order valence-corrected chi connectivity index (χ3v) is 5.69. The van der Waals surface area contributed by atoms with Crippen LogP contribution < -0.4 is 26.0 Å². The Balaban J connectivity index is 1.71. The molecule has 0 atom stereocenters. The van der Waals surface area contributed by atoms with Crippen LogP contribution in [0.3, 0.4) is 0 Å². The number of fused-ring (bicyclic) bond motifs is 1. The zero-order chi connectivity index (χ0) is 24.4. The van der Waals surface area contributed by atoms with Gasteiger partial charge in [-0.05, 0) is 41.8 Å². The van der Waals surface area contributed by atoms with E-state index < -0.39 is 11.2 Å². The third kappa shape index (κ3) is 4.39. The molecule has 0 aliphatic heterocycles. The monoisotopic (exact) mass is 467 g/mol. The number of nitrogens with zero attached hydrogens (tertiary/aromatic N) is 4. The highest BCUT2D eigenvalue weighted by atomic mass is 19.1. The smallest absolute Gasteiger partial charge is 0.332 e. The van der Waals surface area contributed by atoms with Crippen molar-refractivity contribution in [3.63, 3.8) is 0 Å². The molecule has 0 bridgehead atoms. The Bertz CT molecular complexity index is 1450. The Hall–Kier alpha value is -4.08. The lowest BCUT2D eigenvalue weighted by Gasteiger charge is -2.12. The largest absolute Gasteiger partial charge is 0.497 e. The Morgan fingerprint density at radius 3 is 2.32 bits per heavy atom. The summed E-state index contributed by atoms with van der Waals surface area (Å²) in [5, 5.41) is 3.27. The maximum absolute atomic E-state index is 13.8. The quantitative estimate of drug-likeness (QED) is 0.428. The molecular weight excluding hydrogens is 441 g/mol. The molecule has 2 aromatic heterocycles. The van der Waals surface area contributed by atoms with Gasteiger partial charge in [0.25, 0.3) is 5.56 Å². The molecule has 1 N–H and O–H groups in total. The van der Waals surface area contributed by atoms with E-state index in [4.69, 9.17) is 9.47 Å². The van der Waals surface area contributed by atoms with Gasteiger partial charge in [0.1, 0.15) is 17.3 Å². The van der Waals surface area contributed by atoms with Crippen molar-refractivity contribution in [3.8, 4) is 11.5 Å². The zero-order valence-electron chi connectivity index (χ0n) is 19.5. The highest BCUT2D eigenvalue weighted by Crippen LogP contribution is 2.23. The molecule has 178 valence electrons. The summed E-state index contributed by atoms with van der Waals surface area (Å²) in [6.45, 7) is 0.689. The minimum Gasteiger partial charge on any atom is -0.497 e. The van der Waals surface area contributed by atoms with Crippen molar-refractivity contribution in [2.24, 2.45) is 14.1 Å². The first kappa shape index (κ1) is 23.1. The number of benzene rings is 2. The average molecular weight is 468 g/mol. The fourth-order valence-corrected chi connectivity index (χ4v) is 3.88. The minimum absolute atomic E-state index is 0.205. The Labute approximate surface area is 195 Å². The number of imidazole rings is 1. The summed E-state index contributed by atoms with van der Waals surface area (Å²) < 4.78 is 28.5. The van der Waals surface area contributed by atoms with Crippen LogP contribution in [0.1, 0.15) is 11.1 Å². The molecule has 0 saturated carbocycles. The number of hydrogen-bond donors (Lipinski definition) is 1. The maximum atomic E-state index is 13.8. The van der Waals surface area contributed by atoms with Crippen molar-refractivity contribution in [2.75, 3.05) is 26.1 Å². The van der Waals surface area contributed by atoms with Crippen LogP contribution in [0, 0.1) is 5.82 Å². The molecule has 9 nitrogen and oxygen atoms in total. The highest BCUT2D eigenvalue weighted by molar-refractivity contribution is 5.74. The van der Waals surface area contributed by atoms with Crippen molar-refractivity contribution in [1.82, 2.24) is 18.7 Å². The fourth-order valence-electron chi connectivity index (χ4n) is 3.88. The van der Waals surface area contributed by atoms with Crippen molar-refractivity contribution < 1.29 is 13.9 Å². The fraction of sp³-hybridized carbons (Fsp3) is 0.292. The van der Waals surface area contributed by atoms with Gasteiger partial charge in [-0.15, -0.1) is 0 Å². The minimum atomic E-state index is -0.470. The zero-order valence-corrected chi connectivity index (χ0v) is 19.5. The first-order valence-corrected chi connectivity index (χ1v) is 10.7. The van der Waals surface area contributed by atoms with Crippen LogP contribution in [0.5, 0.6) is 11.5 Å². The van der Waals surface area contributed by atoms with Gasteiger partial charge in [0, 0.05) is 26.7 Å². The van der Waals surface area contributed by atoms with E-state index in [1.54, 1.807) is 44.0 Å². The van der Waals surface area contributed by atoms with Gasteiger partial charge in [0.05, 0.1) is 20.8 Å². The lowest BCUT2D eigenvalue weighted by molar-refractivity contribution is 0.393. The Morgan fingerprint density at radius 1 is 0.971 bits per heavy atom. The van der Waals surface area contributed by atoms with Crippen LogP contribution in [0.15, 0.2) is 52.1 Å². The van der Waals surface area contributed by atoms with Crippen LogP contribution in [-0.2, 0) is 27.1 Å². The predicted molar refractivity (Wildman–Crippen MR) is 127 cm³/mol. The van der Waals surface area contributed by atoms with Gasteiger partial charge in [-0.1, -0.05) is 12.1 Å². The van der Waals surface area contributed by atoms with E-state index in [-0.39, 0.29) is 23.5 Å². The molecule has 0 amide bonds. The van der Waals surface area contributed by atoms with Crippen molar-refractivity contribution in [2.45, 2.75) is 13.0 Å². The maximum Gasteiger partial charge on any atom is 0.332 e. The molecule has 0 radical (unpaired) electrons. The lowest BCUT2D eigenvalue weighted by atomic mass is 10.1. The summed E-state index contributed by atoms with van der Waals surface area (Å²) in [7, 11) is 6.18. The highest BCUT2D eigenvalue weighted by Gasteiger charge is 2.19. The van der Waals surface area contributed by atoms with Gasteiger partial charge in [0.2, 0.25) is 5.95 Å². The summed E-state index contributed by atoms with van der Waals surface area (Å²) in [6, 6.07) is 11.8. The molecule has 0 fully saturated rings. The van der Waals surface area contributed by atoms with Crippen LogP contribution in [0.2, 0.25) is 0 Å². The lowest BCUT2D eigenvalue weighted by Crippen LogP contribution is -2.37. The molecule has 0 unspecified atom stereocenters. The van der Waals surface area contributed by atoms with Gasteiger partial charge in [-0.3, -0.25) is 18.5 Å². The van der Waals surface area contributed by atoms with Crippen LogP contribution in [0.25, 0.3) is 11.2 Å². The van der Waals surface area contributed by atoms with Crippen LogP contribution in [0.4, 0.5) is 10.3 Å². The number of hydrogen-bond acceptors (Lipinski definition) is 6. The number of ether oxygens (including phenoxy) is 2. The van der Waals surface area contributed by atoms with E-state index in [9.17, 15) is 14.0 Å². The SMILES string of the molecule is COc1cc(CCNc2nc3c(c(=O)n(C)c(=O)n3C)n2Cc2cccc(F)c2)cc(OC)c1. The number of anilines is 1. The van der Waals surface area contributed by atoms with Gasteiger partial charge >= 0.3 is 5.69 Å². The summed E-state index contributed by atoms with van der Waals surface area (Å²) in [6.07, 6.45) is 0.619. The van der Waals surface area contributed by atoms with Crippen molar-refractivity contribution >= 4 is 17.1 Å². The topological polar surface area (TPSA) is 92.3 Å². The standard InChI is InChI=1S/C24H26FN5O4/c1-28-21-20(22(31)29(2)24(28)32)30(14-16-6-5-7-17(25)10-16)23(27-21)26-9-8-15-11-18(33-3)13-19(12-15)34-4/h5-7,10-13H,8-9,14H2,1-4H3,(H,26,27). The average Bonchev–Trinajstić information content (AvgIpc) is 3.19. The third-order valence-electron chi connectivity index (χ3n) is 5.69. The number of halogens is 1.